The summed E-state index contributed by atoms with van der Waals surface area (Å²) in [6.07, 6.45) is 3.92. The summed E-state index contributed by atoms with van der Waals surface area (Å²) in [5.74, 6) is 0. The highest BCUT2D eigenvalue weighted by Gasteiger charge is 2.00. The van der Waals surface area contributed by atoms with Gasteiger partial charge in [0, 0.05) is 43.3 Å². The van der Waals surface area contributed by atoms with Crippen molar-refractivity contribution < 1.29 is 0 Å². The van der Waals surface area contributed by atoms with Crippen molar-refractivity contribution in [1.29, 1.82) is 0 Å². The highest BCUT2D eigenvalue weighted by atomic mass is 15.1. The number of aryl methyl sites for hydroxylation is 2. The lowest BCUT2D eigenvalue weighted by Gasteiger charge is -2.05. The van der Waals surface area contributed by atoms with Gasteiger partial charge in [-0.3, -0.25) is 5.10 Å². The monoisotopic (exact) mass is 204 g/mol. The second-order valence-corrected chi connectivity index (χ2v) is 3.73. The summed E-state index contributed by atoms with van der Waals surface area (Å²) in [7, 11) is 2.06. The lowest BCUT2D eigenvalue weighted by molar-refractivity contribution is 0.653. The molecule has 0 aliphatic carbocycles. The first-order valence-corrected chi connectivity index (χ1v) is 5.07. The molecule has 4 nitrogen and oxygen atoms in total. The van der Waals surface area contributed by atoms with E-state index < -0.39 is 0 Å². The van der Waals surface area contributed by atoms with Crippen molar-refractivity contribution in [2.75, 3.05) is 0 Å². The number of hydrogen-bond donors (Lipinski definition) is 2. The number of aromatic nitrogens is 3. The molecule has 0 fully saturated rings. The summed E-state index contributed by atoms with van der Waals surface area (Å²) in [5, 5.41) is 10.3. The van der Waals surface area contributed by atoms with Crippen LogP contribution in [0.15, 0.2) is 24.5 Å². The molecule has 0 atom stereocenters. The Morgan fingerprint density at radius 3 is 2.93 bits per heavy atom. The standard InChI is InChI=1S/C11H16N4/c1-9-10(7-13-14-9)6-12-8-11-4-3-5-15(11)2/h3-5,7,12H,6,8H2,1-2H3,(H,13,14). The molecule has 2 aromatic rings. The van der Waals surface area contributed by atoms with Crippen LogP contribution < -0.4 is 5.32 Å². The number of nitrogens with zero attached hydrogens (tertiary/aromatic N) is 2. The van der Waals surface area contributed by atoms with Crippen LogP contribution in [0.25, 0.3) is 0 Å². The van der Waals surface area contributed by atoms with Crippen LogP contribution in [0.1, 0.15) is 17.0 Å². The fourth-order valence-electron chi connectivity index (χ4n) is 1.56. The van der Waals surface area contributed by atoms with Crippen LogP contribution in [-0.2, 0) is 20.1 Å². The maximum absolute atomic E-state index is 3.98. The van der Waals surface area contributed by atoms with Gasteiger partial charge in [-0.2, -0.15) is 5.10 Å². The first-order chi connectivity index (χ1) is 7.27. The van der Waals surface area contributed by atoms with Crippen molar-refractivity contribution >= 4 is 0 Å². The van der Waals surface area contributed by atoms with Crippen molar-refractivity contribution in [2.24, 2.45) is 7.05 Å². The van der Waals surface area contributed by atoms with Gasteiger partial charge in [-0.05, 0) is 19.1 Å². The molecule has 0 saturated carbocycles. The molecule has 80 valence electrons. The lowest BCUT2D eigenvalue weighted by atomic mass is 10.2. The molecule has 0 radical (unpaired) electrons. The zero-order chi connectivity index (χ0) is 10.7. The van der Waals surface area contributed by atoms with Gasteiger partial charge < -0.3 is 9.88 Å². The summed E-state index contributed by atoms with van der Waals surface area (Å²) in [6.45, 7) is 3.77. The maximum Gasteiger partial charge on any atom is 0.0535 e. The second kappa shape index (κ2) is 4.31. The van der Waals surface area contributed by atoms with E-state index in [1.165, 1.54) is 11.3 Å². The SMILES string of the molecule is Cc1[nH]ncc1CNCc1cccn1C. The van der Waals surface area contributed by atoms with E-state index in [9.17, 15) is 0 Å². The van der Waals surface area contributed by atoms with E-state index in [1.807, 2.05) is 13.1 Å². The maximum atomic E-state index is 3.98. The molecule has 0 aromatic carbocycles. The summed E-state index contributed by atoms with van der Waals surface area (Å²) in [6, 6.07) is 4.18. The molecule has 15 heavy (non-hydrogen) atoms. The van der Waals surface area contributed by atoms with Crippen LogP contribution >= 0.6 is 0 Å². The largest absolute Gasteiger partial charge is 0.353 e. The molecular formula is C11H16N4. The van der Waals surface area contributed by atoms with Crippen LogP contribution in [-0.4, -0.2) is 14.8 Å². The minimum atomic E-state index is 0.855. The highest BCUT2D eigenvalue weighted by Crippen LogP contribution is 2.03. The van der Waals surface area contributed by atoms with Crippen molar-refractivity contribution in [2.45, 2.75) is 20.0 Å². The third kappa shape index (κ3) is 2.27. The minimum Gasteiger partial charge on any atom is -0.353 e. The molecule has 0 saturated heterocycles. The molecule has 0 spiro atoms. The first-order valence-electron chi connectivity index (χ1n) is 5.07. The van der Waals surface area contributed by atoms with Gasteiger partial charge in [0.25, 0.3) is 0 Å². The van der Waals surface area contributed by atoms with Crippen molar-refractivity contribution in [1.82, 2.24) is 20.1 Å². The smallest absolute Gasteiger partial charge is 0.0535 e. The molecule has 2 rings (SSSR count). The third-order valence-electron chi connectivity index (χ3n) is 2.61. The Balaban J connectivity index is 1.86. The Hall–Kier alpha value is -1.55. The molecule has 0 unspecified atom stereocenters. The van der Waals surface area contributed by atoms with E-state index >= 15 is 0 Å². The zero-order valence-electron chi connectivity index (χ0n) is 9.12. The van der Waals surface area contributed by atoms with Crippen LogP contribution in [0, 0.1) is 6.92 Å². The van der Waals surface area contributed by atoms with E-state index in [0.29, 0.717) is 0 Å². The van der Waals surface area contributed by atoms with Gasteiger partial charge in [0.05, 0.1) is 6.20 Å². The Morgan fingerprint density at radius 1 is 1.47 bits per heavy atom. The molecule has 4 heteroatoms. The molecule has 0 aliphatic rings. The van der Waals surface area contributed by atoms with Crippen LogP contribution in [0.5, 0.6) is 0 Å². The molecule has 2 aromatic heterocycles. The van der Waals surface area contributed by atoms with Crippen molar-refractivity contribution in [3.8, 4) is 0 Å². The normalized spacial score (nSPS) is 10.8. The number of H-pyrrole nitrogens is 1. The minimum absolute atomic E-state index is 0.855. The molecule has 2 heterocycles. The molecular weight excluding hydrogens is 188 g/mol. The average Bonchev–Trinajstić information content (AvgIpc) is 2.78. The Labute approximate surface area is 89.3 Å². The van der Waals surface area contributed by atoms with E-state index in [1.54, 1.807) is 0 Å². The van der Waals surface area contributed by atoms with Crippen LogP contribution in [0.4, 0.5) is 0 Å². The first kappa shape index (κ1) is 9.98. The average molecular weight is 204 g/mol. The molecule has 2 N–H and O–H groups in total. The Morgan fingerprint density at radius 2 is 2.33 bits per heavy atom. The lowest BCUT2D eigenvalue weighted by Crippen LogP contribution is -2.14. The quantitative estimate of drug-likeness (QED) is 0.789. The van der Waals surface area contributed by atoms with Gasteiger partial charge in [0.2, 0.25) is 0 Å². The fraction of sp³-hybridized carbons (Fsp3) is 0.364. The van der Waals surface area contributed by atoms with Crippen molar-refractivity contribution in [3.05, 3.63) is 41.5 Å². The van der Waals surface area contributed by atoms with Gasteiger partial charge in [0.1, 0.15) is 0 Å². The Kier molecular flexibility index (Phi) is 2.87. The van der Waals surface area contributed by atoms with Gasteiger partial charge in [-0.25, -0.2) is 0 Å². The molecule has 0 bridgehead atoms. The predicted molar refractivity (Wildman–Crippen MR) is 59.3 cm³/mol. The second-order valence-electron chi connectivity index (χ2n) is 3.73. The van der Waals surface area contributed by atoms with Crippen molar-refractivity contribution in [3.63, 3.8) is 0 Å². The summed E-state index contributed by atoms with van der Waals surface area (Å²) < 4.78 is 2.12. The topological polar surface area (TPSA) is 45.6 Å². The number of rotatable bonds is 4. The Bertz CT molecular complexity index is 387. The van der Waals surface area contributed by atoms with Gasteiger partial charge >= 0.3 is 0 Å². The van der Waals surface area contributed by atoms with E-state index in [4.69, 9.17) is 0 Å². The van der Waals surface area contributed by atoms with Crippen LogP contribution in [0.3, 0.4) is 0 Å². The molecule has 0 aliphatic heterocycles. The van der Waals surface area contributed by atoms with Gasteiger partial charge in [0.15, 0.2) is 0 Å². The zero-order valence-corrected chi connectivity index (χ0v) is 9.12. The number of hydrogen-bond acceptors (Lipinski definition) is 2. The van der Waals surface area contributed by atoms with E-state index in [0.717, 1.165) is 18.8 Å². The van der Waals surface area contributed by atoms with E-state index in [-0.39, 0.29) is 0 Å². The third-order valence-corrected chi connectivity index (χ3v) is 2.61. The fourth-order valence-corrected chi connectivity index (χ4v) is 1.56. The summed E-state index contributed by atoms with van der Waals surface area (Å²) in [5.41, 5.74) is 3.65. The van der Waals surface area contributed by atoms with Crippen LogP contribution in [0.2, 0.25) is 0 Å². The number of nitrogens with one attached hydrogen (secondary N) is 2. The van der Waals surface area contributed by atoms with Gasteiger partial charge in [-0.15, -0.1) is 0 Å². The molecule has 0 amide bonds. The van der Waals surface area contributed by atoms with E-state index in [2.05, 4.69) is 45.5 Å². The van der Waals surface area contributed by atoms with Gasteiger partial charge in [-0.1, -0.05) is 0 Å². The summed E-state index contributed by atoms with van der Waals surface area (Å²) in [4.78, 5) is 0. The summed E-state index contributed by atoms with van der Waals surface area (Å²) >= 11 is 0. The predicted octanol–water partition coefficient (Wildman–Crippen LogP) is 1.35. The highest BCUT2D eigenvalue weighted by molar-refractivity contribution is 5.14. The number of aromatic amines is 1.